The molecule has 2 nitrogen and oxygen atoms in total. The topological polar surface area (TPSA) is 34.1 Å². The zero-order chi connectivity index (χ0) is 14.3. The van der Waals surface area contributed by atoms with Crippen molar-refractivity contribution in [3.05, 3.63) is 35.1 Å². The van der Waals surface area contributed by atoms with Crippen LogP contribution in [0.3, 0.4) is 0 Å². The largest absolute Gasteiger partial charge is 0.229 e. The summed E-state index contributed by atoms with van der Waals surface area (Å²) in [5, 5.41) is 0. The van der Waals surface area contributed by atoms with Gasteiger partial charge in [0.05, 0.1) is 9.57 Å². The van der Waals surface area contributed by atoms with Gasteiger partial charge in [-0.2, -0.15) is 0 Å². The highest BCUT2D eigenvalue weighted by Crippen LogP contribution is 2.40. The molecule has 0 aliphatic carbocycles. The first-order valence-electron chi connectivity index (χ1n) is 4.96. The van der Waals surface area contributed by atoms with E-state index < -0.39 is 36.9 Å². The molecule has 102 valence electrons. The minimum atomic E-state index is -3.52. The second kappa shape index (κ2) is 4.85. The molecule has 0 heterocycles. The van der Waals surface area contributed by atoms with Crippen LogP contribution >= 0.6 is 15.9 Å². The van der Waals surface area contributed by atoms with Crippen molar-refractivity contribution in [2.24, 2.45) is 0 Å². The Morgan fingerprint density at radius 1 is 1.11 bits per heavy atom. The standard InChI is InChI=1S/C11H12BrF3O2S/c1-11(2,18(3,16)17)10(12)6-4-8(14)9(15)5-7(6)13/h4-5,10H,1-3H3. The molecule has 0 aliphatic rings. The number of alkyl halides is 1. The average molecular weight is 345 g/mol. The molecule has 0 bridgehead atoms. The summed E-state index contributed by atoms with van der Waals surface area (Å²) in [7, 11) is -3.52. The molecule has 0 saturated carbocycles. The number of benzene rings is 1. The van der Waals surface area contributed by atoms with Crippen molar-refractivity contribution >= 4 is 25.8 Å². The summed E-state index contributed by atoms with van der Waals surface area (Å²) >= 11 is 3.04. The number of halogens is 4. The van der Waals surface area contributed by atoms with Gasteiger partial charge in [-0.25, -0.2) is 21.6 Å². The van der Waals surface area contributed by atoms with Gasteiger partial charge in [0, 0.05) is 17.9 Å². The first-order chi connectivity index (χ1) is 7.98. The second-order valence-corrected chi connectivity index (χ2v) is 8.04. The van der Waals surface area contributed by atoms with Gasteiger partial charge in [-0.1, -0.05) is 15.9 Å². The van der Waals surface area contributed by atoms with Crippen molar-refractivity contribution in [3.63, 3.8) is 0 Å². The maximum Gasteiger partial charge on any atom is 0.161 e. The first-order valence-corrected chi connectivity index (χ1v) is 7.77. The van der Waals surface area contributed by atoms with Crippen LogP contribution in [-0.2, 0) is 9.84 Å². The SMILES string of the molecule is CC(C)(C(Br)c1cc(F)c(F)cc1F)S(C)(=O)=O. The predicted octanol–water partition coefficient (Wildman–Crippen LogP) is 3.36. The lowest BCUT2D eigenvalue weighted by Crippen LogP contribution is -2.35. The van der Waals surface area contributed by atoms with Crippen LogP contribution in [0.2, 0.25) is 0 Å². The van der Waals surface area contributed by atoms with E-state index in [-0.39, 0.29) is 5.56 Å². The van der Waals surface area contributed by atoms with Crippen LogP contribution in [0.15, 0.2) is 12.1 Å². The average Bonchev–Trinajstić information content (AvgIpc) is 2.20. The normalized spacial score (nSPS) is 14.6. The summed E-state index contributed by atoms with van der Waals surface area (Å²) in [6.45, 7) is 2.75. The van der Waals surface area contributed by atoms with Gasteiger partial charge in [-0.3, -0.25) is 0 Å². The Bertz CT molecular complexity index is 570. The third-order valence-electron chi connectivity index (χ3n) is 2.88. The van der Waals surface area contributed by atoms with Crippen molar-refractivity contribution in [2.75, 3.05) is 6.26 Å². The summed E-state index contributed by atoms with van der Waals surface area (Å²) in [5.41, 5.74) is -0.232. The van der Waals surface area contributed by atoms with E-state index in [1.54, 1.807) is 0 Å². The molecule has 0 saturated heterocycles. The van der Waals surface area contributed by atoms with Crippen LogP contribution in [0.4, 0.5) is 13.2 Å². The van der Waals surface area contributed by atoms with E-state index in [4.69, 9.17) is 0 Å². The monoisotopic (exact) mass is 344 g/mol. The molecular formula is C11H12BrF3O2S. The van der Waals surface area contributed by atoms with Gasteiger partial charge in [0.1, 0.15) is 5.82 Å². The van der Waals surface area contributed by atoms with Gasteiger partial charge < -0.3 is 0 Å². The zero-order valence-electron chi connectivity index (χ0n) is 9.97. The molecule has 0 N–H and O–H groups in total. The highest BCUT2D eigenvalue weighted by atomic mass is 79.9. The van der Waals surface area contributed by atoms with E-state index >= 15 is 0 Å². The molecule has 0 fully saturated rings. The van der Waals surface area contributed by atoms with Crippen LogP contribution in [0.5, 0.6) is 0 Å². The van der Waals surface area contributed by atoms with Gasteiger partial charge in [0.25, 0.3) is 0 Å². The van der Waals surface area contributed by atoms with Crippen LogP contribution in [0.25, 0.3) is 0 Å². The lowest BCUT2D eigenvalue weighted by molar-refractivity contribution is 0.484. The highest BCUT2D eigenvalue weighted by Gasteiger charge is 2.40. The Labute approximate surface area is 112 Å². The Kier molecular flexibility index (Phi) is 4.17. The maximum atomic E-state index is 13.6. The van der Waals surface area contributed by atoms with E-state index in [0.29, 0.717) is 12.1 Å². The number of rotatable bonds is 3. The Morgan fingerprint density at radius 3 is 2.00 bits per heavy atom. The number of hydrogen-bond acceptors (Lipinski definition) is 2. The van der Waals surface area contributed by atoms with E-state index in [0.717, 1.165) is 6.26 Å². The molecule has 1 aromatic rings. The molecule has 0 radical (unpaired) electrons. The van der Waals surface area contributed by atoms with Gasteiger partial charge in [0.2, 0.25) is 0 Å². The third-order valence-corrected chi connectivity index (χ3v) is 6.97. The quantitative estimate of drug-likeness (QED) is 0.622. The zero-order valence-corrected chi connectivity index (χ0v) is 12.4. The summed E-state index contributed by atoms with van der Waals surface area (Å²) in [6, 6.07) is 1.06. The molecule has 1 atom stereocenters. The Morgan fingerprint density at radius 2 is 1.56 bits per heavy atom. The Balaban J connectivity index is 3.36. The minimum Gasteiger partial charge on any atom is -0.229 e. The first kappa shape index (κ1) is 15.5. The smallest absolute Gasteiger partial charge is 0.161 e. The molecule has 1 rings (SSSR count). The van der Waals surface area contributed by atoms with Crippen molar-refractivity contribution < 1.29 is 21.6 Å². The fraction of sp³-hybridized carbons (Fsp3) is 0.455. The predicted molar refractivity (Wildman–Crippen MR) is 66.9 cm³/mol. The van der Waals surface area contributed by atoms with Crippen molar-refractivity contribution in [1.29, 1.82) is 0 Å². The number of hydrogen-bond donors (Lipinski definition) is 0. The van der Waals surface area contributed by atoms with Gasteiger partial charge in [-0.15, -0.1) is 0 Å². The summed E-state index contributed by atoms with van der Waals surface area (Å²) in [4.78, 5) is -0.991. The molecule has 0 aromatic heterocycles. The second-order valence-electron chi connectivity index (χ2n) is 4.53. The molecular weight excluding hydrogens is 333 g/mol. The van der Waals surface area contributed by atoms with Gasteiger partial charge >= 0.3 is 0 Å². The summed E-state index contributed by atoms with van der Waals surface area (Å²) < 4.78 is 61.3. The molecule has 7 heteroatoms. The van der Waals surface area contributed by atoms with Gasteiger partial charge in [-0.05, 0) is 19.9 Å². The molecule has 1 unspecified atom stereocenters. The Hall–Kier alpha value is -0.560. The van der Waals surface area contributed by atoms with Crippen LogP contribution in [-0.4, -0.2) is 19.4 Å². The van der Waals surface area contributed by atoms with Crippen LogP contribution < -0.4 is 0 Å². The lowest BCUT2D eigenvalue weighted by atomic mass is 10.0. The van der Waals surface area contributed by atoms with Crippen molar-refractivity contribution in [2.45, 2.75) is 23.4 Å². The van der Waals surface area contributed by atoms with E-state index in [1.807, 2.05) is 0 Å². The van der Waals surface area contributed by atoms with Crippen LogP contribution in [0, 0.1) is 17.5 Å². The fourth-order valence-electron chi connectivity index (χ4n) is 1.29. The summed E-state index contributed by atoms with van der Waals surface area (Å²) in [5.74, 6) is -3.53. The lowest BCUT2D eigenvalue weighted by Gasteiger charge is -2.29. The van der Waals surface area contributed by atoms with Gasteiger partial charge in [0.15, 0.2) is 21.5 Å². The molecule has 0 amide bonds. The molecule has 1 aromatic carbocycles. The molecule has 0 spiro atoms. The van der Waals surface area contributed by atoms with Crippen LogP contribution in [0.1, 0.15) is 24.2 Å². The summed E-state index contributed by atoms with van der Waals surface area (Å²) in [6.07, 6.45) is 0.999. The van der Waals surface area contributed by atoms with Crippen molar-refractivity contribution in [3.8, 4) is 0 Å². The van der Waals surface area contributed by atoms with Crippen molar-refractivity contribution in [1.82, 2.24) is 0 Å². The maximum absolute atomic E-state index is 13.6. The van der Waals surface area contributed by atoms with E-state index in [9.17, 15) is 21.6 Å². The molecule has 18 heavy (non-hydrogen) atoms. The minimum absolute atomic E-state index is 0.232. The third kappa shape index (κ3) is 2.71. The van der Waals surface area contributed by atoms with E-state index in [1.165, 1.54) is 13.8 Å². The number of sulfone groups is 1. The van der Waals surface area contributed by atoms with E-state index in [2.05, 4.69) is 15.9 Å². The fourth-order valence-corrected chi connectivity index (χ4v) is 3.17. The molecule has 0 aliphatic heterocycles. The highest BCUT2D eigenvalue weighted by molar-refractivity contribution is 9.09.